The number of aliphatic hydroxyl groups excluding tert-OH is 2. The first-order valence-corrected chi connectivity index (χ1v) is 11.6. The normalized spacial score (nSPS) is 36.6. The minimum Gasteiger partial charge on any atom is -0.404 e. The van der Waals surface area contributed by atoms with E-state index in [0.717, 1.165) is 4.90 Å². The third-order valence-electron chi connectivity index (χ3n) is 6.06. The van der Waals surface area contributed by atoms with Gasteiger partial charge in [0.05, 0.1) is 12.0 Å². The lowest BCUT2D eigenvalue weighted by molar-refractivity contribution is -0.240. The summed E-state index contributed by atoms with van der Waals surface area (Å²) in [5.74, 6) is -2.88. The van der Waals surface area contributed by atoms with Crippen molar-refractivity contribution in [3.05, 3.63) is 53.9 Å². The van der Waals surface area contributed by atoms with Gasteiger partial charge in [-0.3, -0.25) is 13.9 Å². The Hall–Kier alpha value is -2.08. The fourth-order valence-corrected chi connectivity index (χ4v) is 5.47. The van der Waals surface area contributed by atoms with Crippen molar-refractivity contribution >= 4 is 37.4 Å². The van der Waals surface area contributed by atoms with Crippen LogP contribution >= 0.6 is 7.82 Å². The van der Waals surface area contributed by atoms with Gasteiger partial charge in [-0.05, 0) is 18.6 Å². The maximum Gasteiger partial charge on any atom is 0.529 e. The predicted molar refractivity (Wildman–Crippen MR) is 122 cm³/mol. The molecule has 0 aliphatic carbocycles. The highest BCUT2D eigenvalue weighted by Gasteiger charge is 2.70. The molecule has 33 heavy (non-hydrogen) atoms. The van der Waals surface area contributed by atoms with E-state index in [-0.39, 0.29) is 12.4 Å². The number of ether oxygens (including phenoxy) is 1. The average Bonchev–Trinajstić information content (AvgIpc) is 2.91. The van der Waals surface area contributed by atoms with Crippen LogP contribution < -0.4 is 9.84 Å². The Labute approximate surface area is 192 Å². The zero-order valence-electron chi connectivity index (χ0n) is 18.6. The highest BCUT2D eigenvalue weighted by atomic mass is 31.2. The number of para-hydroxylation sites is 1. The molecule has 1 aromatic carbocycles. The van der Waals surface area contributed by atoms with Gasteiger partial charge in [0.25, 0.3) is 5.85 Å². The van der Waals surface area contributed by atoms with Crippen LogP contribution in [0.15, 0.2) is 48.3 Å². The van der Waals surface area contributed by atoms with Gasteiger partial charge in [0, 0.05) is 17.5 Å². The smallest absolute Gasteiger partial charge is 0.404 e. The first-order valence-electron chi connectivity index (χ1n) is 10.2. The van der Waals surface area contributed by atoms with E-state index in [2.05, 4.69) is 11.9 Å². The number of hydrogen-bond donors (Lipinski definition) is 3. The van der Waals surface area contributed by atoms with Gasteiger partial charge in [-0.1, -0.05) is 24.8 Å². The molecule has 3 N–H and O–H groups in total. The molecule has 1 fully saturated rings. The van der Waals surface area contributed by atoms with Crippen LogP contribution in [0.5, 0.6) is 5.75 Å². The Morgan fingerprint density at radius 3 is 2.73 bits per heavy atom. The molecular formula is C18H23B3FN2O8P. The lowest BCUT2D eigenvalue weighted by atomic mass is 9.59. The van der Waals surface area contributed by atoms with Crippen LogP contribution in [0.2, 0.25) is 0 Å². The molecule has 4 rings (SSSR count). The van der Waals surface area contributed by atoms with Gasteiger partial charge in [-0.25, -0.2) is 13.8 Å². The van der Waals surface area contributed by atoms with Crippen molar-refractivity contribution in [3.8, 4) is 5.75 Å². The number of nitrogens with zero attached hydrogens (tertiary/aromatic N) is 1. The molecule has 15 heteroatoms. The molecule has 0 spiro atoms. The molecule has 1 saturated heterocycles. The van der Waals surface area contributed by atoms with Crippen molar-refractivity contribution in [1.82, 2.24) is 10.2 Å². The number of nitrogens with one attached hydrogen (secondary N) is 1. The largest absolute Gasteiger partial charge is 0.529 e. The zero-order valence-corrected chi connectivity index (χ0v) is 19.5. The van der Waals surface area contributed by atoms with E-state index in [1.807, 2.05) is 0 Å². The number of urea groups is 1. The Bertz CT molecular complexity index is 1110. The van der Waals surface area contributed by atoms with Crippen molar-refractivity contribution in [2.24, 2.45) is 0 Å². The Morgan fingerprint density at radius 1 is 1.36 bits per heavy atom. The number of benzene rings is 1. The maximum atomic E-state index is 16.3. The number of hydrogen-bond acceptors (Lipinski definition) is 8. The van der Waals surface area contributed by atoms with Gasteiger partial charge in [-0.2, -0.15) is 0 Å². The monoisotopic (exact) mass is 478 g/mol. The number of halogens is 1. The fraction of sp³-hybridized carbons (Fsp3) is 0.389. The van der Waals surface area contributed by atoms with Crippen LogP contribution in [0.4, 0.5) is 9.18 Å². The quantitative estimate of drug-likeness (QED) is 0.364. The van der Waals surface area contributed by atoms with Crippen molar-refractivity contribution < 1.29 is 42.3 Å². The second kappa shape index (κ2) is 7.73. The summed E-state index contributed by atoms with van der Waals surface area (Å²) < 4.78 is 51.1. The molecule has 0 radical (unpaired) electrons. The molecule has 5 atom stereocenters. The van der Waals surface area contributed by atoms with E-state index in [1.165, 1.54) is 29.7 Å². The highest BCUT2D eigenvalue weighted by Crippen LogP contribution is 2.59. The number of fused-ring (bicyclic) bond motifs is 1. The van der Waals surface area contributed by atoms with E-state index in [9.17, 15) is 19.6 Å². The number of carbonyl (C=O) groups is 1. The second-order valence-electron chi connectivity index (χ2n) is 8.80. The lowest BCUT2D eigenvalue weighted by Crippen LogP contribution is -2.62. The van der Waals surface area contributed by atoms with Crippen LogP contribution in [-0.2, 0) is 25.0 Å². The molecule has 0 bridgehead atoms. The van der Waals surface area contributed by atoms with Gasteiger partial charge in [0.1, 0.15) is 39.3 Å². The summed E-state index contributed by atoms with van der Waals surface area (Å²) in [6.07, 6.45) is -2.77. The van der Waals surface area contributed by atoms with E-state index in [4.69, 9.17) is 18.3 Å². The minimum atomic E-state index is -4.34. The summed E-state index contributed by atoms with van der Waals surface area (Å²) in [5.41, 5.74) is -0.565. The molecule has 174 valence electrons. The molecule has 3 aliphatic rings. The SMILES string of the molecule is BC(B)(OP1(=O)OCc2ccccc2O1)[C@@]1(F)O[C@@](B)(N2C=C(C)C(=C)NC2=O)[C@H](O)[C@@H]1O. The maximum absolute atomic E-state index is 16.3. The fourth-order valence-electron chi connectivity index (χ4n) is 3.93. The summed E-state index contributed by atoms with van der Waals surface area (Å²) in [7, 11) is -0.769. The van der Waals surface area contributed by atoms with Crippen molar-refractivity contribution in [1.29, 1.82) is 0 Å². The molecule has 10 nitrogen and oxygen atoms in total. The summed E-state index contributed by atoms with van der Waals surface area (Å²) >= 11 is 0. The Balaban J connectivity index is 1.63. The molecule has 3 aliphatic heterocycles. The molecule has 1 unspecified atom stereocenters. The third kappa shape index (κ3) is 3.75. The number of aliphatic hydroxyl groups is 2. The van der Waals surface area contributed by atoms with Gasteiger partial charge in [-0.15, -0.1) is 0 Å². The van der Waals surface area contributed by atoms with Crippen molar-refractivity contribution in [2.75, 3.05) is 0 Å². The molecule has 1 aromatic rings. The number of rotatable bonds is 4. The van der Waals surface area contributed by atoms with E-state index < -0.39 is 42.9 Å². The third-order valence-corrected chi connectivity index (χ3v) is 7.60. The van der Waals surface area contributed by atoms with Crippen LogP contribution in [0.1, 0.15) is 12.5 Å². The lowest BCUT2D eigenvalue weighted by Gasteiger charge is -2.43. The Morgan fingerprint density at radius 2 is 2.03 bits per heavy atom. The van der Waals surface area contributed by atoms with Crippen molar-refractivity contribution in [2.45, 2.75) is 42.6 Å². The summed E-state index contributed by atoms with van der Waals surface area (Å²) in [5, 5.41) is 21.8. The van der Waals surface area contributed by atoms with Crippen LogP contribution in [-0.4, -0.2) is 73.8 Å². The Kier molecular flexibility index (Phi) is 5.63. The topological polar surface area (TPSA) is 127 Å². The summed E-state index contributed by atoms with van der Waals surface area (Å²) in [6, 6.07) is 5.93. The number of carbonyl (C=O) groups excluding carboxylic acids is 1. The number of alkyl halides is 1. The summed E-state index contributed by atoms with van der Waals surface area (Å²) in [4.78, 5) is 13.5. The highest BCUT2D eigenvalue weighted by molar-refractivity contribution is 7.49. The molecule has 0 aromatic heterocycles. The second-order valence-corrected chi connectivity index (χ2v) is 10.3. The van der Waals surface area contributed by atoms with E-state index in [0.29, 0.717) is 16.8 Å². The van der Waals surface area contributed by atoms with Gasteiger partial charge < -0.3 is 24.8 Å². The number of phosphoric ester groups is 1. The number of amides is 2. The van der Waals surface area contributed by atoms with Crippen LogP contribution in [0.3, 0.4) is 0 Å². The minimum absolute atomic E-state index is 0.103. The van der Waals surface area contributed by atoms with Crippen LogP contribution in [0, 0.1) is 0 Å². The van der Waals surface area contributed by atoms with Gasteiger partial charge in [0.2, 0.25) is 0 Å². The summed E-state index contributed by atoms with van der Waals surface area (Å²) in [6.45, 7) is 5.23. The van der Waals surface area contributed by atoms with Gasteiger partial charge >= 0.3 is 13.9 Å². The van der Waals surface area contributed by atoms with E-state index in [1.54, 1.807) is 31.2 Å². The molecule has 2 amide bonds. The molecular weight excluding hydrogens is 455 g/mol. The van der Waals surface area contributed by atoms with Crippen molar-refractivity contribution in [3.63, 3.8) is 0 Å². The zero-order chi connectivity index (χ0) is 24.4. The molecule has 3 heterocycles. The predicted octanol–water partition coefficient (Wildman–Crippen LogP) is -1.21. The molecule has 0 saturated carbocycles. The van der Waals surface area contributed by atoms with Gasteiger partial charge in [0.15, 0.2) is 7.85 Å². The van der Waals surface area contributed by atoms with Crippen LogP contribution in [0.25, 0.3) is 0 Å². The number of allylic oxidation sites excluding steroid dienone is 1. The first-order chi connectivity index (χ1) is 15.2. The standard InChI is InChI=1S/C18H23B3FN2O8P/c1-9-7-24(15(27)23-10(9)2)17(19)14(26)13(25)16(22,31-17)18(20,21)32-33(28)29-8-11-5-3-4-6-12(11)30-33/h3-7,13-14,25-26H,2,8,19-21H2,1H3,(H,23,27)/t13-,14+,16-,17-,33?/m0/s1. The average molecular weight is 478 g/mol. The number of phosphoric acid groups is 1. The first kappa shape index (κ1) is 24.1. The van der Waals surface area contributed by atoms with E-state index >= 15 is 4.39 Å².